The molecule has 0 aromatic carbocycles. The lowest BCUT2D eigenvalue weighted by molar-refractivity contribution is 0.0724. The minimum atomic E-state index is -0.593. The number of aliphatic hydroxyl groups is 1. The molecule has 2 heterocycles. The van der Waals surface area contributed by atoms with Crippen LogP contribution in [0.1, 0.15) is 32.1 Å². The molecule has 1 atom stereocenters. The van der Waals surface area contributed by atoms with E-state index in [1.165, 1.54) is 4.88 Å². The summed E-state index contributed by atoms with van der Waals surface area (Å²) in [5, 5.41) is 19.1. The Labute approximate surface area is 165 Å². The Morgan fingerprint density at radius 2 is 2.22 bits per heavy atom. The molecule has 1 saturated heterocycles. The minimum absolute atomic E-state index is 0. The van der Waals surface area contributed by atoms with Crippen LogP contribution in [0.15, 0.2) is 22.5 Å². The number of guanidine groups is 1. The van der Waals surface area contributed by atoms with Crippen molar-refractivity contribution in [3.63, 3.8) is 0 Å². The van der Waals surface area contributed by atoms with E-state index < -0.39 is 5.60 Å². The number of thiophene rings is 1. The molecule has 0 aliphatic carbocycles. The number of thioether (sulfide) groups is 1. The molecule has 132 valence electrons. The van der Waals surface area contributed by atoms with Crippen LogP contribution in [0.3, 0.4) is 0 Å². The van der Waals surface area contributed by atoms with Gasteiger partial charge in [-0.25, -0.2) is 0 Å². The lowest BCUT2D eigenvalue weighted by atomic mass is 9.92. The van der Waals surface area contributed by atoms with Crippen molar-refractivity contribution in [2.24, 2.45) is 4.99 Å². The minimum Gasteiger partial charge on any atom is -0.387 e. The van der Waals surface area contributed by atoms with Gasteiger partial charge in [0, 0.05) is 29.1 Å². The summed E-state index contributed by atoms with van der Waals surface area (Å²) in [4.78, 5) is 6.06. The van der Waals surface area contributed by atoms with Gasteiger partial charge in [-0.15, -0.1) is 35.3 Å². The second-order valence-electron chi connectivity index (χ2n) is 6.44. The predicted octanol–water partition coefficient (Wildman–Crippen LogP) is 3.07. The summed E-state index contributed by atoms with van der Waals surface area (Å²) >= 11 is 3.59. The van der Waals surface area contributed by atoms with E-state index in [0.29, 0.717) is 6.54 Å². The lowest BCUT2D eigenvalue weighted by Gasteiger charge is -2.25. The highest BCUT2D eigenvalue weighted by molar-refractivity contribution is 14.0. The lowest BCUT2D eigenvalue weighted by Crippen LogP contribution is -2.47. The van der Waals surface area contributed by atoms with Gasteiger partial charge in [0.1, 0.15) is 0 Å². The van der Waals surface area contributed by atoms with Crippen molar-refractivity contribution in [3.8, 4) is 0 Å². The molecule has 0 radical (unpaired) electrons. The second kappa shape index (κ2) is 9.48. The van der Waals surface area contributed by atoms with E-state index in [0.717, 1.165) is 37.0 Å². The predicted molar refractivity (Wildman–Crippen MR) is 114 cm³/mol. The standard InChI is InChI=1S/C16H27N3OS2.HI/c1-4-17-14(19-11-16(20)7-9-21-12-16)18-10-15(2,3)13-6-5-8-22-13;/h5-6,8,20H,4,7,9-12H2,1-3H3,(H2,17,18,19);1H. The first-order valence-corrected chi connectivity index (χ1v) is 9.85. The van der Waals surface area contributed by atoms with Crippen LogP contribution < -0.4 is 10.6 Å². The molecular formula is C16H28IN3OS2. The molecule has 0 bridgehead atoms. The van der Waals surface area contributed by atoms with Crippen LogP contribution in [-0.4, -0.2) is 47.8 Å². The molecule has 0 saturated carbocycles. The Bertz CT molecular complexity index is 486. The molecule has 2 rings (SSSR count). The molecule has 0 spiro atoms. The second-order valence-corrected chi connectivity index (χ2v) is 8.49. The van der Waals surface area contributed by atoms with Crippen molar-refractivity contribution in [3.05, 3.63) is 22.4 Å². The maximum absolute atomic E-state index is 10.4. The summed E-state index contributed by atoms with van der Waals surface area (Å²) in [6.07, 6.45) is 0.852. The zero-order chi connectivity index (χ0) is 16.1. The first kappa shape index (κ1) is 21.1. The van der Waals surface area contributed by atoms with Crippen molar-refractivity contribution < 1.29 is 5.11 Å². The molecule has 1 aromatic heterocycles. The maximum Gasteiger partial charge on any atom is 0.191 e. The van der Waals surface area contributed by atoms with Gasteiger partial charge in [0.2, 0.25) is 0 Å². The van der Waals surface area contributed by atoms with Crippen LogP contribution in [0.5, 0.6) is 0 Å². The van der Waals surface area contributed by atoms with E-state index in [-0.39, 0.29) is 29.4 Å². The smallest absolute Gasteiger partial charge is 0.191 e. The summed E-state index contributed by atoms with van der Waals surface area (Å²) in [6, 6.07) is 4.25. The molecule has 1 aliphatic heterocycles. The van der Waals surface area contributed by atoms with Crippen LogP contribution in [0.25, 0.3) is 0 Å². The van der Waals surface area contributed by atoms with Gasteiger partial charge in [-0.1, -0.05) is 19.9 Å². The summed E-state index contributed by atoms with van der Waals surface area (Å²) in [5.41, 5.74) is -0.569. The van der Waals surface area contributed by atoms with Gasteiger partial charge in [-0.3, -0.25) is 4.99 Å². The van der Waals surface area contributed by atoms with Crippen LogP contribution in [0.4, 0.5) is 0 Å². The van der Waals surface area contributed by atoms with Gasteiger partial charge in [0.15, 0.2) is 5.96 Å². The van der Waals surface area contributed by atoms with Gasteiger partial charge in [0.05, 0.1) is 12.1 Å². The number of aliphatic imine (C=N–C) groups is 1. The Morgan fingerprint density at radius 3 is 2.78 bits per heavy atom. The Morgan fingerprint density at radius 1 is 1.43 bits per heavy atom. The van der Waals surface area contributed by atoms with Crippen LogP contribution >= 0.6 is 47.1 Å². The summed E-state index contributed by atoms with van der Waals surface area (Å²) in [5.74, 6) is 2.63. The Balaban J connectivity index is 0.00000264. The molecule has 1 unspecified atom stereocenters. The molecule has 3 N–H and O–H groups in total. The monoisotopic (exact) mass is 469 g/mol. The number of hydrogen-bond acceptors (Lipinski definition) is 4. The molecule has 1 fully saturated rings. The fraction of sp³-hybridized carbons (Fsp3) is 0.688. The summed E-state index contributed by atoms with van der Waals surface area (Å²) < 4.78 is 0. The molecule has 7 heteroatoms. The average Bonchev–Trinajstić information content (AvgIpc) is 3.14. The van der Waals surface area contributed by atoms with Crippen LogP contribution in [0.2, 0.25) is 0 Å². The number of nitrogens with zero attached hydrogens (tertiary/aromatic N) is 1. The number of nitrogens with one attached hydrogen (secondary N) is 2. The summed E-state index contributed by atoms with van der Waals surface area (Å²) in [6.45, 7) is 8.58. The normalized spacial score (nSPS) is 21.8. The summed E-state index contributed by atoms with van der Waals surface area (Å²) in [7, 11) is 0. The Kier molecular flexibility index (Phi) is 8.68. The maximum atomic E-state index is 10.4. The van der Waals surface area contributed by atoms with E-state index >= 15 is 0 Å². The van der Waals surface area contributed by atoms with Gasteiger partial charge in [0.25, 0.3) is 0 Å². The van der Waals surface area contributed by atoms with Crippen molar-refractivity contribution in [1.29, 1.82) is 0 Å². The third kappa shape index (κ3) is 6.43. The van der Waals surface area contributed by atoms with E-state index in [1.54, 1.807) is 11.3 Å². The topological polar surface area (TPSA) is 56.7 Å². The third-order valence-electron chi connectivity index (χ3n) is 3.83. The Hall–Kier alpha value is 0.01000. The molecule has 0 amide bonds. The van der Waals surface area contributed by atoms with Crippen LogP contribution in [-0.2, 0) is 5.41 Å². The van der Waals surface area contributed by atoms with Gasteiger partial charge < -0.3 is 15.7 Å². The van der Waals surface area contributed by atoms with Crippen molar-refractivity contribution in [1.82, 2.24) is 10.6 Å². The first-order valence-electron chi connectivity index (χ1n) is 7.81. The fourth-order valence-corrected chi connectivity index (χ4v) is 4.48. The van der Waals surface area contributed by atoms with Gasteiger partial charge in [-0.2, -0.15) is 11.8 Å². The van der Waals surface area contributed by atoms with E-state index in [9.17, 15) is 5.11 Å². The highest BCUT2D eigenvalue weighted by Crippen LogP contribution is 2.28. The quantitative estimate of drug-likeness (QED) is 0.341. The third-order valence-corrected chi connectivity index (χ3v) is 6.30. The van der Waals surface area contributed by atoms with Crippen molar-refractivity contribution in [2.75, 3.05) is 31.1 Å². The van der Waals surface area contributed by atoms with E-state index in [4.69, 9.17) is 4.99 Å². The fourth-order valence-electron chi connectivity index (χ4n) is 2.34. The van der Waals surface area contributed by atoms with Crippen molar-refractivity contribution in [2.45, 2.75) is 38.2 Å². The molecule has 1 aromatic rings. The number of rotatable bonds is 6. The van der Waals surface area contributed by atoms with E-state index in [2.05, 4.69) is 48.9 Å². The number of hydrogen-bond donors (Lipinski definition) is 3. The zero-order valence-corrected chi connectivity index (χ0v) is 18.1. The average molecular weight is 469 g/mol. The zero-order valence-electron chi connectivity index (χ0n) is 14.1. The highest BCUT2D eigenvalue weighted by atomic mass is 127. The van der Waals surface area contributed by atoms with Crippen LogP contribution in [0, 0.1) is 0 Å². The van der Waals surface area contributed by atoms with Gasteiger partial charge >= 0.3 is 0 Å². The molecular weight excluding hydrogens is 441 g/mol. The largest absolute Gasteiger partial charge is 0.387 e. The molecule has 1 aliphatic rings. The first-order chi connectivity index (χ1) is 10.5. The molecule has 4 nitrogen and oxygen atoms in total. The van der Waals surface area contributed by atoms with Crippen molar-refractivity contribution >= 4 is 53.0 Å². The van der Waals surface area contributed by atoms with E-state index in [1.807, 2.05) is 11.8 Å². The SMILES string of the molecule is CCNC(=NCC(C)(C)c1cccs1)NCC1(O)CCSC1.I. The number of halogens is 1. The molecule has 23 heavy (non-hydrogen) atoms. The van der Waals surface area contributed by atoms with Gasteiger partial charge in [-0.05, 0) is 30.5 Å². The highest BCUT2D eigenvalue weighted by Gasteiger charge is 2.31.